The van der Waals surface area contributed by atoms with E-state index in [1.54, 1.807) is 6.07 Å². The minimum Gasteiger partial charge on any atom is -0.250 e. The smallest absolute Gasteiger partial charge is 0.179 e. The lowest BCUT2D eigenvalue weighted by Gasteiger charge is -2.03. The number of pyridine rings is 1. The Kier molecular flexibility index (Phi) is 3.15. The Morgan fingerprint density at radius 3 is 2.69 bits per heavy atom. The van der Waals surface area contributed by atoms with E-state index in [0.29, 0.717) is 11.0 Å². The minimum atomic E-state index is 0.463. The van der Waals surface area contributed by atoms with Gasteiger partial charge >= 0.3 is 0 Å². The van der Waals surface area contributed by atoms with Gasteiger partial charge < -0.3 is 0 Å². The highest BCUT2D eigenvalue weighted by atomic mass is 35.5. The van der Waals surface area contributed by atoms with Gasteiger partial charge in [-0.15, -0.1) is 0 Å². The van der Waals surface area contributed by atoms with Crippen molar-refractivity contribution < 1.29 is 0 Å². The van der Waals surface area contributed by atoms with Crippen molar-refractivity contribution >= 4 is 11.6 Å². The van der Waals surface area contributed by atoms with Gasteiger partial charge in [-0.3, -0.25) is 0 Å². The van der Waals surface area contributed by atoms with Crippen molar-refractivity contribution in [2.75, 3.05) is 0 Å². The average molecular weight is 234 g/mol. The summed E-state index contributed by atoms with van der Waals surface area (Å²) in [6.07, 6.45) is 0.834. The lowest BCUT2D eigenvalue weighted by Crippen LogP contribution is -1.97. The summed E-state index contributed by atoms with van der Waals surface area (Å²) in [6, 6.07) is 7.54. The van der Waals surface area contributed by atoms with Crippen molar-refractivity contribution in [3.63, 3.8) is 0 Å². The molecule has 16 heavy (non-hydrogen) atoms. The first-order chi connectivity index (χ1) is 7.69. The van der Waals surface area contributed by atoms with E-state index < -0.39 is 0 Å². The van der Waals surface area contributed by atoms with Gasteiger partial charge in [0.2, 0.25) is 0 Å². The summed E-state index contributed by atoms with van der Waals surface area (Å²) in [7, 11) is 0. The van der Waals surface area contributed by atoms with Crippen molar-refractivity contribution in [2.24, 2.45) is 0 Å². The maximum Gasteiger partial charge on any atom is 0.179 e. The molecule has 0 aromatic carbocycles. The normalized spacial score (nSPS) is 10.4. The maximum absolute atomic E-state index is 5.94. The third-order valence-electron chi connectivity index (χ3n) is 2.23. The van der Waals surface area contributed by atoms with E-state index in [-0.39, 0.29) is 0 Å². The van der Waals surface area contributed by atoms with E-state index in [4.69, 9.17) is 11.6 Å². The van der Waals surface area contributed by atoms with Gasteiger partial charge in [-0.2, -0.15) is 0 Å². The first kappa shape index (κ1) is 11.0. The fourth-order valence-electron chi connectivity index (χ4n) is 1.43. The average Bonchev–Trinajstić information content (AvgIpc) is 2.28. The molecule has 0 N–H and O–H groups in total. The zero-order valence-corrected chi connectivity index (χ0v) is 9.99. The fraction of sp³-hybridized carbons (Fsp3) is 0.250. The van der Waals surface area contributed by atoms with Crippen LogP contribution in [-0.4, -0.2) is 15.0 Å². The molecule has 2 rings (SSSR count). The molecule has 0 unspecified atom stereocenters. The molecule has 2 heterocycles. The van der Waals surface area contributed by atoms with Crippen molar-refractivity contribution in [1.82, 2.24) is 15.0 Å². The number of halogens is 1. The zero-order valence-electron chi connectivity index (χ0n) is 9.24. The summed E-state index contributed by atoms with van der Waals surface area (Å²) >= 11 is 5.94. The summed E-state index contributed by atoms with van der Waals surface area (Å²) in [5, 5.41) is 0.463. The third kappa shape index (κ3) is 2.36. The van der Waals surface area contributed by atoms with Crippen molar-refractivity contribution in [2.45, 2.75) is 20.3 Å². The van der Waals surface area contributed by atoms with Crippen LogP contribution in [0.4, 0.5) is 0 Å². The molecular formula is C12H12ClN3. The third-order valence-corrected chi connectivity index (χ3v) is 2.42. The lowest BCUT2D eigenvalue weighted by molar-refractivity contribution is 0.995. The van der Waals surface area contributed by atoms with E-state index >= 15 is 0 Å². The van der Waals surface area contributed by atoms with E-state index in [1.165, 1.54) is 0 Å². The molecule has 0 radical (unpaired) electrons. The van der Waals surface area contributed by atoms with E-state index in [0.717, 1.165) is 23.5 Å². The van der Waals surface area contributed by atoms with Gasteiger partial charge in [0, 0.05) is 11.4 Å². The highest BCUT2D eigenvalue weighted by molar-refractivity contribution is 6.29. The van der Waals surface area contributed by atoms with Crippen LogP contribution in [0.5, 0.6) is 0 Å². The Morgan fingerprint density at radius 2 is 2.00 bits per heavy atom. The molecule has 0 amide bonds. The molecule has 0 aliphatic carbocycles. The minimum absolute atomic E-state index is 0.463. The van der Waals surface area contributed by atoms with Crippen LogP contribution in [0.25, 0.3) is 11.5 Å². The molecule has 0 saturated carbocycles. The second-order valence-corrected chi connectivity index (χ2v) is 3.91. The second-order valence-electron chi connectivity index (χ2n) is 3.52. The molecule has 2 aromatic heterocycles. The fourth-order valence-corrected chi connectivity index (χ4v) is 1.63. The van der Waals surface area contributed by atoms with Crippen LogP contribution in [0.3, 0.4) is 0 Å². The predicted molar refractivity (Wildman–Crippen MR) is 64.4 cm³/mol. The molecule has 0 aliphatic rings. The zero-order chi connectivity index (χ0) is 11.5. The molecule has 0 atom stereocenters. The summed E-state index contributed by atoms with van der Waals surface area (Å²) < 4.78 is 0. The van der Waals surface area contributed by atoms with Gasteiger partial charge in [0.15, 0.2) is 5.82 Å². The van der Waals surface area contributed by atoms with Crippen molar-refractivity contribution in [3.8, 4) is 11.5 Å². The van der Waals surface area contributed by atoms with Gasteiger partial charge in [-0.05, 0) is 31.5 Å². The van der Waals surface area contributed by atoms with E-state index in [9.17, 15) is 0 Å². The molecule has 4 heteroatoms. The molecule has 82 valence electrons. The lowest BCUT2D eigenvalue weighted by atomic mass is 10.2. The van der Waals surface area contributed by atoms with Gasteiger partial charge in [0.05, 0.1) is 0 Å². The molecule has 0 fully saturated rings. The van der Waals surface area contributed by atoms with Gasteiger partial charge in [0.1, 0.15) is 10.8 Å². The molecule has 0 bridgehead atoms. The first-order valence-electron chi connectivity index (χ1n) is 5.16. The summed E-state index contributed by atoms with van der Waals surface area (Å²) in [4.78, 5) is 13.0. The van der Waals surface area contributed by atoms with Crippen LogP contribution >= 0.6 is 11.6 Å². The largest absolute Gasteiger partial charge is 0.250 e. The Labute approximate surface area is 99.5 Å². The Morgan fingerprint density at radius 1 is 1.19 bits per heavy atom. The molecule has 0 saturated heterocycles. The SMILES string of the molecule is CCc1cc(Cl)nc(-c2cccc(C)n2)n1. The highest BCUT2D eigenvalue weighted by Crippen LogP contribution is 2.16. The van der Waals surface area contributed by atoms with Crippen LogP contribution < -0.4 is 0 Å². The van der Waals surface area contributed by atoms with E-state index in [1.807, 2.05) is 32.0 Å². The molecule has 0 aliphatic heterocycles. The molecule has 3 nitrogen and oxygen atoms in total. The monoisotopic (exact) mass is 233 g/mol. The van der Waals surface area contributed by atoms with Crippen LogP contribution in [-0.2, 0) is 6.42 Å². The number of aromatic nitrogens is 3. The summed E-state index contributed by atoms with van der Waals surface area (Å²) in [5.41, 5.74) is 2.63. The Hall–Kier alpha value is -1.48. The van der Waals surface area contributed by atoms with Gasteiger partial charge in [-0.25, -0.2) is 15.0 Å². The maximum atomic E-state index is 5.94. The number of nitrogens with zero attached hydrogens (tertiary/aromatic N) is 3. The van der Waals surface area contributed by atoms with Crippen LogP contribution in [0.1, 0.15) is 18.3 Å². The van der Waals surface area contributed by atoms with Crippen molar-refractivity contribution in [3.05, 3.63) is 40.8 Å². The summed E-state index contributed by atoms with van der Waals surface area (Å²) in [5.74, 6) is 0.591. The Bertz CT molecular complexity index is 511. The molecular weight excluding hydrogens is 222 g/mol. The molecule has 2 aromatic rings. The second kappa shape index (κ2) is 4.58. The number of hydrogen-bond donors (Lipinski definition) is 0. The van der Waals surface area contributed by atoms with Crippen LogP contribution in [0, 0.1) is 6.92 Å². The van der Waals surface area contributed by atoms with Gasteiger partial charge in [-0.1, -0.05) is 24.6 Å². The van der Waals surface area contributed by atoms with Crippen molar-refractivity contribution in [1.29, 1.82) is 0 Å². The summed E-state index contributed by atoms with van der Waals surface area (Å²) in [6.45, 7) is 3.97. The van der Waals surface area contributed by atoms with Crippen LogP contribution in [0.15, 0.2) is 24.3 Å². The highest BCUT2D eigenvalue weighted by Gasteiger charge is 2.06. The standard InChI is InChI=1S/C12H12ClN3/c1-3-9-7-11(13)16-12(15-9)10-6-4-5-8(2)14-10/h4-7H,3H2,1-2H3. The van der Waals surface area contributed by atoms with E-state index in [2.05, 4.69) is 15.0 Å². The topological polar surface area (TPSA) is 38.7 Å². The number of hydrogen-bond acceptors (Lipinski definition) is 3. The molecule has 0 spiro atoms. The predicted octanol–water partition coefficient (Wildman–Crippen LogP) is 3.06. The first-order valence-corrected chi connectivity index (χ1v) is 5.54. The number of rotatable bonds is 2. The number of aryl methyl sites for hydroxylation is 2. The van der Waals surface area contributed by atoms with Gasteiger partial charge in [0.25, 0.3) is 0 Å². The van der Waals surface area contributed by atoms with Crippen LogP contribution in [0.2, 0.25) is 5.15 Å². The quantitative estimate of drug-likeness (QED) is 0.749. The Balaban J connectivity index is 2.51.